The van der Waals surface area contributed by atoms with Crippen LogP contribution in [0.5, 0.6) is 0 Å². The number of halogens is 1. The molecule has 1 spiro atoms. The zero-order valence-corrected chi connectivity index (χ0v) is 26.7. The van der Waals surface area contributed by atoms with Crippen molar-refractivity contribution in [2.75, 3.05) is 9.80 Å². The first-order valence-corrected chi connectivity index (χ1v) is 16.6. The maximum Gasteiger partial charge on any atom is 0.297 e. The molecular weight excluding hydrogens is 640 g/mol. The number of hydrogen-bond donors (Lipinski definition) is 0. The van der Waals surface area contributed by atoms with E-state index in [2.05, 4.69) is 10.2 Å². The van der Waals surface area contributed by atoms with E-state index in [0.717, 1.165) is 16.7 Å². The standard InChI is InChI=1S/C35H23ClN4O4S2/c1-20-9-5-6-12-22(20)18-39-26-14-8-7-13-25(26)35(32(39)43)28-29(41)24-17-23(36)15-16-27(24)44-30(28)31(42)40(35)33-37-38-34(46-33)45-19-21-10-3-2-4-11-21/h2-17H,18-19H2,1H3. The summed E-state index contributed by atoms with van der Waals surface area (Å²) in [5.41, 5.74) is 1.92. The van der Waals surface area contributed by atoms with Crippen LogP contribution < -0.4 is 15.2 Å². The lowest BCUT2D eigenvalue weighted by Gasteiger charge is -2.32. The molecular formula is C35H23ClN4O4S2. The average Bonchev–Trinajstić information content (AvgIpc) is 3.71. The molecule has 0 saturated heterocycles. The van der Waals surface area contributed by atoms with Crippen molar-refractivity contribution in [1.82, 2.24) is 10.2 Å². The van der Waals surface area contributed by atoms with Crippen LogP contribution in [0, 0.1) is 6.92 Å². The van der Waals surface area contributed by atoms with E-state index in [1.807, 2.05) is 73.7 Å². The molecule has 1 unspecified atom stereocenters. The van der Waals surface area contributed by atoms with E-state index in [1.54, 1.807) is 29.2 Å². The molecule has 2 aliphatic rings. The highest BCUT2D eigenvalue weighted by Gasteiger charge is 2.66. The Morgan fingerprint density at radius 1 is 0.913 bits per heavy atom. The number of para-hydroxylation sites is 1. The fourth-order valence-corrected chi connectivity index (χ4v) is 8.34. The van der Waals surface area contributed by atoms with Crippen LogP contribution in [0.3, 0.4) is 0 Å². The number of hydrogen-bond acceptors (Lipinski definition) is 8. The Morgan fingerprint density at radius 2 is 1.67 bits per heavy atom. The van der Waals surface area contributed by atoms with Crippen molar-refractivity contribution in [3.05, 3.63) is 146 Å². The Kier molecular flexibility index (Phi) is 6.82. The van der Waals surface area contributed by atoms with E-state index >= 15 is 4.79 Å². The third kappa shape index (κ3) is 4.24. The van der Waals surface area contributed by atoms with E-state index in [0.29, 0.717) is 26.4 Å². The van der Waals surface area contributed by atoms with Gasteiger partial charge in [-0.2, -0.15) is 0 Å². The van der Waals surface area contributed by atoms with Gasteiger partial charge in [-0.1, -0.05) is 107 Å². The molecule has 0 radical (unpaired) electrons. The largest absolute Gasteiger partial charge is 0.450 e. The quantitative estimate of drug-likeness (QED) is 0.136. The summed E-state index contributed by atoms with van der Waals surface area (Å²) in [7, 11) is 0. The van der Waals surface area contributed by atoms with Gasteiger partial charge >= 0.3 is 0 Å². The number of carbonyl (C=O) groups is 2. The highest BCUT2D eigenvalue weighted by atomic mass is 35.5. The molecule has 6 aromatic rings. The number of carbonyl (C=O) groups excluding carboxylic acids is 2. The molecule has 46 heavy (non-hydrogen) atoms. The van der Waals surface area contributed by atoms with E-state index in [1.165, 1.54) is 34.1 Å². The number of anilines is 2. The van der Waals surface area contributed by atoms with Crippen LogP contribution in [0.4, 0.5) is 10.8 Å². The van der Waals surface area contributed by atoms with Crippen molar-refractivity contribution in [3.8, 4) is 0 Å². The molecule has 0 bridgehead atoms. The van der Waals surface area contributed by atoms with Gasteiger partial charge in [0.2, 0.25) is 10.9 Å². The first kappa shape index (κ1) is 28.7. The zero-order chi connectivity index (χ0) is 31.6. The van der Waals surface area contributed by atoms with Crippen LogP contribution in [0.1, 0.15) is 38.4 Å². The second-order valence-electron chi connectivity index (χ2n) is 11.1. The molecule has 11 heteroatoms. The lowest BCUT2D eigenvalue weighted by Crippen LogP contribution is -2.53. The number of thioether (sulfide) groups is 1. The van der Waals surface area contributed by atoms with Gasteiger partial charge in [0.1, 0.15) is 5.58 Å². The molecule has 0 N–H and O–H groups in total. The van der Waals surface area contributed by atoms with Crippen molar-refractivity contribution >= 4 is 68.3 Å². The fourth-order valence-electron chi connectivity index (χ4n) is 6.32. The van der Waals surface area contributed by atoms with Gasteiger partial charge in [0.15, 0.2) is 15.3 Å². The van der Waals surface area contributed by atoms with Crippen molar-refractivity contribution in [2.45, 2.75) is 29.1 Å². The maximum absolute atomic E-state index is 15.1. The summed E-state index contributed by atoms with van der Waals surface area (Å²) in [6.45, 7) is 2.22. The number of aryl methyl sites for hydroxylation is 1. The van der Waals surface area contributed by atoms with E-state index in [-0.39, 0.29) is 34.0 Å². The smallest absolute Gasteiger partial charge is 0.297 e. The molecule has 8 rings (SSSR count). The molecule has 8 nitrogen and oxygen atoms in total. The Morgan fingerprint density at radius 3 is 2.50 bits per heavy atom. The van der Waals surface area contributed by atoms with Gasteiger partial charge in [-0.25, -0.2) is 0 Å². The summed E-state index contributed by atoms with van der Waals surface area (Å²) in [6.07, 6.45) is 0. The van der Waals surface area contributed by atoms with Gasteiger partial charge in [0.05, 0.1) is 23.2 Å². The average molecular weight is 663 g/mol. The molecule has 4 heterocycles. The summed E-state index contributed by atoms with van der Waals surface area (Å²) < 4.78 is 6.78. The second kappa shape index (κ2) is 10.9. The number of benzene rings is 4. The van der Waals surface area contributed by atoms with Gasteiger partial charge in [-0.15, -0.1) is 10.2 Å². The molecule has 2 amide bonds. The summed E-state index contributed by atoms with van der Waals surface area (Å²) in [6, 6.07) is 29.7. The van der Waals surface area contributed by atoms with Crippen LogP contribution in [0.2, 0.25) is 5.02 Å². The lowest BCUT2D eigenvalue weighted by molar-refractivity contribution is -0.121. The molecule has 4 aromatic carbocycles. The minimum atomic E-state index is -1.87. The van der Waals surface area contributed by atoms with E-state index in [4.69, 9.17) is 16.0 Å². The van der Waals surface area contributed by atoms with Gasteiger partial charge in [0.25, 0.3) is 11.8 Å². The van der Waals surface area contributed by atoms with Crippen LogP contribution >= 0.6 is 34.7 Å². The summed E-state index contributed by atoms with van der Waals surface area (Å²) in [5, 5.41) is 9.51. The maximum atomic E-state index is 15.1. The Balaban J connectivity index is 1.34. The Bertz CT molecular complexity index is 2270. The number of amides is 2. The molecule has 0 fully saturated rings. The van der Waals surface area contributed by atoms with Crippen molar-refractivity contribution in [1.29, 1.82) is 0 Å². The number of fused-ring (bicyclic) bond motifs is 5. The van der Waals surface area contributed by atoms with E-state index < -0.39 is 22.8 Å². The minimum absolute atomic E-state index is 0.0503. The van der Waals surface area contributed by atoms with Crippen LogP contribution in [0.15, 0.2) is 111 Å². The van der Waals surface area contributed by atoms with Gasteiger partial charge in [-0.05, 0) is 47.9 Å². The third-order valence-electron chi connectivity index (χ3n) is 8.47. The van der Waals surface area contributed by atoms with Crippen molar-refractivity contribution in [3.63, 3.8) is 0 Å². The molecule has 2 aromatic heterocycles. The Labute approximate surface area is 276 Å². The first-order valence-electron chi connectivity index (χ1n) is 14.5. The summed E-state index contributed by atoms with van der Waals surface area (Å²) >= 11 is 8.98. The van der Waals surface area contributed by atoms with Gasteiger partial charge in [0, 0.05) is 16.3 Å². The molecule has 0 saturated carbocycles. The zero-order valence-electron chi connectivity index (χ0n) is 24.3. The molecule has 1 atom stereocenters. The minimum Gasteiger partial charge on any atom is -0.450 e. The van der Waals surface area contributed by atoms with E-state index in [9.17, 15) is 9.59 Å². The normalized spacial score (nSPS) is 16.9. The first-order chi connectivity index (χ1) is 22.4. The molecule has 0 aliphatic carbocycles. The number of nitrogens with zero attached hydrogens (tertiary/aromatic N) is 4. The topological polar surface area (TPSA) is 96.6 Å². The predicted octanol–water partition coefficient (Wildman–Crippen LogP) is 7.35. The predicted molar refractivity (Wildman–Crippen MR) is 180 cm³/mol. The molecule has 226 valence electrons. The number of aromatic nitrogens is 2. The lowest BCUT2D eigenvalue weighted by atomic mass is 9.84. The summed E-state index contributed by atoms with van der Waals surface area (Å²) in [5.74, 6) is -0.645. The number of rotatable bonds is 6. The third-order valence-corrected chi connectivity index (χ3v) is 10.8. The van der Waals surface area contributed by atoms with Gasteiger partial charge in [-0.3, -0.25) is 19.3 Å². The fraction of sp³-hybridized carbons (Fsp3) is 0.114. The monoisotopic (exact) mass is 662 g/mol. The van der Waals surface area contributed by atoms with Crippen LogP contribution in [0.25, 0.3) is 11.0 Å². The van der Waals surface area contributed by atoms with Crippen LogP contribution in [-0.2, 0) is 22.6 Å². The van der Waals surface area contributed by atoms with Crippen molar-refractivity contribution in [2.24, 2.45) is 0 Å². The highest BCUT2D eigenvalue weighted by Crippen LogP contribution is 2.55. The summed E-state index contributed by atoms with van der Waals surface area (Å²) in [4.78, 5) is 47.1. The van der Waals surface area contributed by atoms with Crippen LogP contribution in [-0.4, -0.2) is 22.0 Å². The van der Waals surface area contributed by atoms with Gasteiger partial charge < -0.3 is 9.32 Å². The Hall–Kier alpha value is -4.77. The SMILES string of the molecule is Cc1ccccc1CN1C(=O)C2(c3ccccc31)c1c(oc3ccc(Cl)cc3c1=O)C(=O)N2c1nnc(SCc2ccccc2)s1. The molecule has 2 aliphatic heterocycles. The highest BCUT2D eigenvalue weighted by molar-refractivity contribution is 8.00. The second-order valence-corrected chi connectivity index (χ2v) is 13.7. The van der Waals surface area contributed by atoms with Crippen molar-refractivity contribution < 1.29 is 14.0 Å².